The van der Waals surface area contributed by atoms with Crippen molar-refractivity contribution < 1.29 is 13.2 Å². The average molecular weight is 338 g/mol. The standard InChI is InChI=1S/C15H22N4O3S/c20-15-2-1-8-17(15)9-6-13-11-18(23(21,22)14-3-4-14)10-12-5-7-16-19(12)13/h5,7,13-14H,1-4,6,8-11H2. The number of carbonyl (C=O) groups is 1. The number of amides is 1. The van der Waals surface area contributed by atoms with Crippen LogP contribution < -0.4 is 0 Å². The van der Waals surface area contributed by atoms with E-state index in [1.54, 1.807) is 10.5 Å². The molecule has 23 heavy (non-hydrogen) atoms. The SMILES string of the molecule is O=C1CCCN1CCC1CN(S(=O)(=O)C2CC2)Cc2ccnn21. The molecule has 0 bridgehead atoms. The number of carbonyl (C=O) groups excluding carboxylic acids is 1. The van der Waals surface area contributed by atoms with E-state index in [0.29, 0.717) is 26.1 Å². The molecule has 1 atom stereocenters. The molecular weight excluding hydrogens is 316 g/mol. The van der Waals surface area contributed by atoms with Crippen molar-refractivity contribution in [2.75, 3.05) is 19.6 Å². The van der Waals surface area contributed by atoms with Gasteiger partial charge in [-0.1, -0.05) is 0 Å². The minimum Gasteiger partial charge on any atom is -0.343 e. The second kappa shape index (κ2) is 5.59. The van der Waals surface area contributed by atoms with E-state index in [1.807, 2.05) is 15.6 Å². The number of aromatic nitrogens is 2. The van der Waals surface area contributed by atoms with Crippen molar-refractivity contribution in [3.8, 4) is 0 Å². The van der Waals surface area contributed by atoms with Crippen molar-refractivity contribution in [1.82, 2.24) is 19.0 Å². The van der Waals surface area contributed by atoms with E-state index in [1.165, 1.54) is 0 Å². The fraction of sp³-hybridized carbons (Fsp3) is 0.733. The minimum absolute atomic E-state index is 0.00988. The highest BCUT2D eigenvalue weighted by Crippen LogP contribution is 2.35. The maximum absolute atomic E-state index is 12.6. The molecule has 126 valence electrons. The zero-order valence-corrected chi connectivity index (χ0v) is 13.9. The maximum Gasteiger partial charge on any atom is 0.222 e. The number of likely N-dealkylation sites (tertiary alicyclic amines) is 1. The van der Waals surface area contributed by atoms with Crippen molar-refractivity contribution >= 4 is 15.9 Å². The Morgan fingerprint density at radius 2 is 2.13 bits per heavy atom. The predicted molar refractivity (Wildman–Crippen MR) is 84.0 cm³/mol. The second-order valence-electron chi connectivity index (χ2n) is 6.73. The van der Waals surface area contributed by atoms with Crippen molar-refractivity contribution in [2.24, 2.45) is 0 Å². The van der Waals surface area contributed by atoms with Gasteiger partial charge in [-0.2, -0.15) is 9.40 Å². The topological polar surface area (TPSA) is 75.5 Å². The minimum atomic E-state index is -3.18. The normalized spacial score (nSPS) is 25.8. The van der Waals surface area contributed by atoms with Gasteiger partial charge in [-0.25, -0.2) is 8.42 Å². The van der Waals surface area contributed by atoms with E-state index in [4.69, 9.17) is 0 Å². The monoisotopic (exact) mass is 338 g/mol. The summed E-state index contributed by atoms with van der Waals surface area (Å²) in [7, 11) is -3.18. The van der Waals surface area contributed by atoms with Crippen LogP contribution in [0.4, 0.5) is 0 Å². The van der Waals surface area contributed by atoms with Crippen molar-refractivity contribution in [3.63, 3.8) is 0 Å². The second-order valence-corrected chi connectivity index (χ2v) is 8.94. The molecule has 3 aliphatic rings. The molecule has 0 N–H and O–H groups in total. The number of hydrogen-bond donors (Lipinski definition) is 0. The van der Waals surface area contributed by atoms with Gasteiger partial charge in [-0.3, -0.25) is 9.48 Å². The predicted octanol–water partition coefficient (Wildman–Crippen LogP) is 0.744. The summed E-state index contributed by atoms with van der Waals surface area (Å²) in [6.07, 6.45) is 5.61. The lowest BCUT2D eigenvalue weighted by molar-refractivity contribution is -0.127. The molecule has 0 radical (unpaired) electrons. The molecule has 7 nitrogen and oxygen atoms in total. The van der Waals surface area contributed by atoms with Crippen LogP contribution in [0.3, 0.4) is 0 Å². The number of rotatable bonds is 5. The zero-order chi connectivity index (χ0) is 16.0. The maximum atomic E-state index is 12.6. The Hall–Kier alpha value is -1.41. The fourth-order valence-corrected chi connectivity index (χ4v) is 5.43. The molecule has 1 amide bonds. The van der Waals surface area contributed by atoms with Gasteiger partial charge in [0.15, 0.2) is 0 Å². The van der Waals surface area contributed by atoms with Crippen LogP contribution in [0.1, 0.15) is 43.8 Å². The first-order valence-electron chi connectivity index (χ1n) is 8.35. The Labute approximate surface area is 136 Å². The molecule has 1 saturated carbocycles. The van der Waals surface area contributed by atoms with Crippen molar-refractivity contribution in [3.05, 3.63) is 18.0 Å². The van der Waals surface area contributed by atoms with Crippen LogP contribution in [0.15, 0.2) is 12.3 Å². The Morgan fingerprint density at radius 1 is 1.30 bits per heavy atom. The third-order valence-electron chi connectivity index (χ3n) is 5.06. The summed E-state index contributed by atoms with van der Waals surface area (Å²) < 4.78 is 28.7. The Balaban J connectivity index is 1.50. The summed E-state index contributed by atoms with van der Waals surface area (Å²) in [6.45, 7) is 2.38. The van der Waals surface area contributed by atoms with Gasteiger partial charge in [0.1, 0.15) is 0 Å². The van der Waals surface area contributed by atoms with Gasteiger partial charge in [-0.15, -0.1) is 0 Å². The average Bonchev–Trinajstić information content (AvgIpc) is 3.16. The van der Waals surface area contributed by atoms with Gasteiger partial charge >= 0.3 is 0 Å². The molecule has 4 rings (SSSR count). The van der Waals surface area contributed by atoms with Gasteiger partial charge in [0.05, 0.1) is 23.5 Å². The molecule has 0 aromatic carbocycles. The third-order valence-corrected chi connectivity index (χ3v) is 7.37. The Morgan fingerprint density at radius 3 is 2.83 bits per heavy atom. The molecule has 2 aliphatic heterocycles. The van der Waals surface area contributed by atoms with E-state index >= 15 is 0 Å². The van der Waals surface area contributed by atoms with Crippen molar-refractivity contribution in [1.29, 1.82) is 0 Å². The van der Waals surface area contributed by atoms with E-state index in [2.05, 4.69) is 5.10 Å². The van der Waals surface area contributed by atoms with Crippen LogP contribution in [0.25, 0.3) is 0 Å². The van der Waals surface area contributed by atoms with Gasteiger partial charge in [0.2, 0.25) is 15.9 Å². The van der Waals surface area contributed by atoms with Crippen LogP contribution in [-0.4, -0.2) is 58.2 Å². The van der Waals surface area contributed by atoms with Gasteiger partial charge < -0.3 is 4.90 Å². The quantitative estimate of drug-likeness (QED) is 0.794. The van der Waals surface area contributed by atoms with E-state index in [0.717, 1.165) is 37.9 Å². The summed E-state index contributed by atoms with van der Waals surface area (Å²) in [6, 6.07) is 1.90. The van der Waals surface area contributed by atoms with E-state index in [-0.39, 0.29) is 17.2 Å². The van der Waals surface area contributed by atoms with Gasteiger partial charge in [-0.05, 0) is 31.7 Å². The van der Waals surface area contributed by atoms with Crippen molar-refractivity contribution in [2.45, 2.75) is 49.9 Å². The molecule has 1 unspecified atom stereocenters. The van der Waals surface area contributed by atoms with Crippen LogP contribution in [0.2, 0.25) is 0 Å². The Bertz CT molecular complexity index is 710. The van der Waals surface area contributed by atoms with E-state index < -0.39 is 10.0 Å². The molecule has 1 aromatic heterocycles. The first kappa shape index (κ1) is 15.1. The largest absolute Gasteiger partial charge is 0.343 e. The Kier molecular flexibility index (Phi) is 3.68. The lowest BCUT2D eigenvalue weighted by atomic mass is 10.1. The van der Waals surface area contributed by atoms with Gasteiger partial charge in [0.25, 0.3) is 0 Å². The van der Waals surface area contributed by atoms with Crippen LogP contribution in [-0.2, 0) is 21.4 Å². The van der Waals surface area contributed by atoms with Crippen LogP contribution in [0.5, 0.6) is 0 Å². The molecule has 1 aliphatic carbocycles. The molecule has 8 heteroatoms. The molecule has 1 saturated heterocycles. The number of fused-ring (bicyclic) bond motifs is 1. The van der Waals surface area contributed by atoms with Gasteiger partial charge in [0, 0.05) is 32.3 Å². The lowest BCUT2D eigenvalue weighted by Gasteiger charge is -2.34. The molecule has 2 fully saturated rings. The zero-order valence-electron chi connectivity index (χ0n) is 13.1. The summed E-state index contributed by atoms with van der Waals surface area (Å²) in [5, 5.41) is 4.19. The summed E-state index contributed by atoms with van der Waals surface area (Å²) in [5.41, 5.74) is 0.943. The molecule has 3 heterocycles. The number of nitrogens with zero attached hydrogens (tertiary/aromatic N) is 4. The number of sulfonamides is 1. The molecule has 1 aromatic rings. The first-order valence-corrected chi connectivity index (χ1v) is 9.85. The summed E-state index contributed by atoms with van der Waals surface area (Å²) in [4.78, 5) is 13.6. The highest BCUT2D eigenvalue weighted by molar-refractivity contribution is 7.90. The highest BCUT2D eigenvalue weighted by Gasteiger charge is 2.42. The smallest absolute Gasteiger partial charge is 0.222 e. The molecular formula is C15H22N4O3S. The summed E-state index contributed by atoms with van der Waals surface area (Å²) >= 11 is 0. The van der Waals surface area contributed by atoms with Crippen LogP contribution >= 0.6 is 0 Å². The highest BCUT2D eigenvalue weighted by atomic mass is 32.2. The van der Waals surface area contributed by atoms with Crippen LogP contribution in [0, 0.1) is 0 Å². The fourth-order valence-electron chi connectivity index (χ4n) is 3.58. The lowest BCUT2D eigenvalue weighted by Crippen LogP contribution is -2.43. The molecule has 0 spiro atoms. The third kappa shape index (κ3) is 2.78. The first-order chi connectivity index (χ1) is 11.1. The van der Waals surface area contributed by atoms with E-state index in [9.17, 15) is 13.2 Å². The summed E-state index contributed by atoms with van der Waals surface area (Å²) in [5.74, 6) is 0.212. The number of hydrogen-bond acceptors (Lipinski definition) is 4.